The van der Waals surface area contributed by atoms with Gasteiger partial charge in [-0.05, 0) is 29.5 Å². The molecule has 3 heterocycles. The minimum atomic E-state index is -0.957. The molecule has 31 heavy (non-hydrogen) atoms. The van der Waals surface area contributed by atoms with Crippen molar-refractivity contribution in [2.24, 2.45) is 5.41 Å². The van der Waals surface area contributed by atoms with Gasteiger partial charge in [0.2, 0.25) is 0 Å². The number of furan rings is 1. The third kappa shape index (κ3) is 3.22. The molecule has 2 aromatic carbocycles. The maximum Gasteiger partial charge on any atom is 0.392 e. The summed E-state index contributed by atoms with van der Waals surface area (Å²) in [6, 6.07) is 19.6. The number of carbonyl (C=O) groups is 2. The summed E-state index contributed by atoms with van der Waals surface area (Å²) >= 11 is 2.67. The average molecular weight is 478 g/mol. The summed E-state index contributed by atoms with van der Waals surface area (Å²) in [6.07, 6.45) is 0.779. The molecule has 0 saturated heterocycles. The first kappa shape index (κ1) is 19.8. The Morgan fingerprint density at radius 3 is 2.45 bits per heavy atom. The first-order valence-corrected chi connectivity index (χ1v) is 10.7. The number of benzene rings is 2. The molecule has 5 rings (SSSR count). The van der Waals surface area contributed by atoms with Crippen molar-refractivity contribution in [3.8, 4) is 22.5 Å². The van der Waals surface area contributed by atoms with Crippen LogP contribution in [-0.4, -0.2) is 16.3 Å². The van der Waals surface area contributed by atoms with Gasteiger partial charge < -0.3 is 12.8 Å². The van der Waals surface area contributed by atoms with E-state index >= 15 is 0 Å². The molecular formula is C25H20BrNO4. The predicted molar refractivity (Wildman–Crippen MR) is 122 cm³/mol. The lowest BCUT2D eigenvalue weighted by Crippen LogP contribution is -2.21. The third-order valence-corrected chi connectivity index (χ3v) is 6.10. The monoisotopic (exact) mass is 477 g/mol. The largest absolute Gasteiger partial charge is 0.456 e. The molecule has 156 valence electrons. The SMILES string of the molecule is CC1(C)Cc2c(-c3ccccc3)c(-c3cc4ccccc4o3)c(C(=O)C(=O)OBr)n2C1. The lowest BCUT2D eigenvalue weighted by molar-refractivity contribution is -0.127. The van der Waals surface area contributed by atoms with Crippen LogP contribution < -0.4 is 0 Å². The number of hydrogen-bond donors (Lipinski definition) is 0. The number of hydrogen-bond acceptors (Lipinski definition) is 4. The second-order valence-electron chi connectivity index (χ2n) is 8.68. The van der Waals surface area contributed by atoms with Crippen LogP contribution in [0.5, 0.6) is 0 Å². The number of para-hydroxylation sites is 1. The van der Waals surface area contributed by atoms with E-state index in [9.17, 15) is 9.59 Å². The van der Waals surface area contributed by atoms with Crippen LogP contribution >= 0.6 is 16.3 Å². The van der Waals surface area contributed by atoms with Gasteiger partial charge in [0.25, 0.3) is 5.78 Å². The van der Waals surface area contributed by atoms with Gasteiger partial charge in [0.1, 0.15) is 17.0 Å². The number of nitrogens with zero attached hydrogens (tertiary/aromatic N) is 1. The Hall–Kier alpha value is -3.12. The zero-order chi connectivity index (χ0) is 21.8. The quantitative estimate of drug-likeness (QED) is 0.259. The van der Waals surface area contributed by atoms with E-state index in [-0.39, 0.29) is 5.41 Å². The van der Waals surface area contributed by atoms with Gasteiger partial charge in [0, 0.05) is 23.2 Å². The maximum atomic E-state index is 13.2. The van der Waals surface area contributed by atoms with E-state index in [0.717, 1.165) is 34.2 Å². The first-order chi connectivity index (χ1) is 14.9. The summed E-state index contributed by atoms with van der Waals surface area (Å²) in [5.41, 5.74) is 4.56. The molecule has 0 spiro atoms. The molecule has 0 radical (unpaired) electrons. The number of halogens is 1. The van der Waals surface area contributed by atoms with Crippen LogP contribution in [0.1, 0.15) is 30.0 Å². The highest BCUT2D eigenvalue weighted by Gasteiger charge is 2.40. The summed E-state index contributed by atoms with van der Waals surface area (Å²) in [5.74, 6) is -1.10. The van der Waals surface area contributed by atoms with Crippen molar-refractivity contribution in [2.75, 3.05) is 0 Å². The lowest BCUT2D eigenvalue weighted by atomic mass is 9.87. The summed E-state index contributed by atoms with van der Waals surface area (Å²) in [7, 11) is 0. The van der Waals surface area contributed by atoms with Gasteiger partial charge in [-0.2, -0.15) is 0 Å². The van der Waals surface area contributed by atoms with E-state index in [1.807, 2.05) is 65.2 Å². The highest BCUT2D eigenvalue weighted by atomic mass is 79.9. The van der Waals surface area contributed by atoms with Crippen LogP contribution in [0.25, 0.3) is 33.4 Å². The van der Waals surface area contributed by atoms with Gasteiger partial charge in [0.05, 0.1) is 5.56 Å². The van der Waals surface area contributed by atoms with Gasteiger partial charge >= 0.3 is 5.97 Å². The molecule has 0 fully saturated rings. The normalized spacial score (nSPS) is 14.5. The fourth-order valence-corrected chi connectivity index (χ4v) is 4.74. The number of carbonyl (C=O) groups excluding carboxylic acids is 2. The fourth-order valence-electron chi connectivity index (χ4n) is 4.59. The Morgan fingerprint density at radius 2 is 1.74 bits per heavy atom. The maximum absolute atomic E-state index is 13.2. The van der Waals surface area contributed by atoms with Crippen molar-refractivity contribution in [3.05, 3.63) is 72.1 Å². The Morgan fingerprint density at radius 1 is 1.03 bits per heavy atom. The summed E-state index contributed by atoms with van der Waals surface area (Å²) in [6.45, 7) is 4.94. The van der Waals surface area contributed by atoms with E-state index in [1.165, 1.54) is 0 Å². The van der Waals surface area contributed by atoms with Crippen LogP contribution in [0, 0.1) is 5.41 Å². The molecule has 1 aliphatic heterocycles. The number of fused-ring (bicyclic) bond motifs is 2. The summed E-state index contributed by atoms with van der Waals surface area (Å²) < 4.78 is 12.8. The number of aromatic nitrogens is 1. The summed E-state index contributed by atoms with van der Waals surface area (Å²) in [5, 5.41) is 0.935. The molecule has 0 saturated carbocycles. The van der Waals surface area contributed by atoms with E-state index in [4.69, 9.17) is 4.42 Å². The molecule has 0 bridgehead atoms. The van der Waals surface area contributed by atoms with E-state index < -0.39 is 11.8 Å². The van der Waals surface area contributed by atoms with Gasteiger partial charge in [-0.1, -0.05) is 62.4 Å². The fraction of sp³-hybridized carbons (Fsp3) is 0.200. The van der Waals surface area contributed by atoms with Crippen LogP contribution in [0.3, 0.4) is 0 Å². The van der Waals surface area contributed by atoms with E-state index in [1.54, 1.807) is 0 Å². The minimum absolute atomic E-state index is 0.0430. The molecule has 4 aromatic rings. The molecule has 0 N–H and O–H groups in total. The molecule has 5 nitrogen and oxygen atoms in total. The second kappa shape index (κ2) is 7.24. The number of Topliss-reactive ketones (excluding diaryl/α,β-unsaturated/α-hetero) is 1. The third-order valence-electron chi connectivity index (χ3n) is 5.81. The number of ketones is 1. The predicted octanol–water partition coefficient (Wildman–Crippen LogP) is 6.19. The molecule has 2 aromatic heterocycles. The molecule has 6 heteroatoms. The van der Waals surface area contributed by atoms with Gasteiger partial charge in [-0.25, -0.2) is 4.79 Å². The van der Waals surface area contributed by atoms with E-state index in [0.29, 0.717) is 23.6 Å². The topological polar surface area (TPSA) is 61.4 Å². The smallest absolute Gasteiger partial charge is 0.392 e. The van der Waals surface area contributed by atoms with Gasteiger partial charge in [-0.3, -0.25) is 4.79 Å². The molecular weight excluding hydrogens is 458 g/mol. The van der Waals surface area contributed by atoms with Crippen LogP contribution in [0.15, 0.2) is 65.1 Å². The standard InChI is InChI=1S/C25H20BrNO4/c1-25(2)13-17-20(15-8-4-3-5-9-15)21(19-12-16-10-6-7-11-18(16)30-19)22(27(17)14-25)23(28)24(29)31-26/h3-12H,13-14H2,1-2H3. The second-order valence-corrected chi connectivity index (χ2v) is 9.00. The van der Waals surface area contributed by atoms with Crippen molar-refractivity contribution in [1.29, 1.82) is 0 Å². The minimum Gasteiger partial charge on any atom is -0.456 e. The van der Waals surface area contributed by atoms with Crippen LogP contribution in [-0.2, 0) is 21.6 Å². The number of rotatable bonds is 4. The zero-order valence-corrected chi connectivity index (χ0v) is 18.7. The highest BCUT2D eigenvalue weighted by Crippen LogP contribution is 2.47. The van der Waals surface area contributed by atoms with Crippen LogP contribution in [0.4, 0.5) is 0 Å². The highest BCUT2D eigenvalue weighted by molar-refractivity contribution is 9.06. The molecule has 1 aliphatic rings. The van der Waals surface area contributed by atoms with Crippen molar-refractivity contribution in [2.45, 2.75) is 26.8 Å². The molecule has 0 amide bonds. The summed E-state index contributed by atoms with van der Waals surface area (Å²) in [4.78, 5) is 25.5. The Balaban J connectivity index is 1.87. The molecule has 0 unspecified atom stereocenters. The van der Waals surface area contributed by atoms with Crippen molar-refractivity contribution in [1.82, 2.24) is 4.57 Å². The molecule has 0 aliphatic carbocycles. The van der Waals surface area contributed by atoms with Crippen molar-refractivity contribution >= 4 is 39.0 Å². The average Bonchev–Trinajstić information content (AvgIpc) is 3.41. The van der Waals surface area contributed by atoms with Gasteiger partial charge in [0.15, 0.2) is 16.3 Å². The van der Waals surface area contributed by atoms with Crippen LogP contribution in [0.2, 0.25) is 0 Å². The van der Waals surface area contributed by atoms with Gasteiger partial charge in [-0.15, -0.1) is 0 Å². The Labute approximate surface area is 188 Å². The lowest BCUT2D eigenvalue weighted by Gasteiger charge is -2.17. The van der Waals surface area contributed by atoms with E-state index in [2.05, 4.69) is 33.9 Å². The Bertz CT molecular complexity index is 1300. The Kier molecular flexibility index (Phi) is 4.63. The first-order valence-electron chi connectivity index (χ1n) is 10.1. The van der Waals surface area contributed by atoms with Crippen molar-refractivity contribution < 1.29 is 17.8 Å². The zero-order valence-electron chi connectivity index (χ0n) is 17.1. The molecule has 0 atom stereocenters. The van der Waals surface area contributed by atoms with Crippen molar-refractivity contribution in [3.63, 3.8) is 0 Å².